The number of fused-ring (bicyclic) bond motifs is 1. The number of carbonyl (C=O) groups is 2. The number of rotatable bonds is 7. The van der Waals surface area contributed by atoms with Gasteiger partial charge in [0.2, 0.25) is 0 Å². The minimum absolute atomic E-state index is 0.0586. The van der Waals surface area contributed by atoms with Gasteiger partial charge in [0.05, 0.1) is 29.2 Å². The third-order valence-electron chi connectivity index (χ3n) is 5.83. The molecule has 0 saturated heterocycles. The van der Waals surface area contributed by atoms with Crippen LogP contribution >= 0.6 is 0 Å². The van der Waals surface area contributed by atoms with Crippen LogP contribution in [0, 0.1) is 0 Å². The number of carboxylic acids is 1. The number of allylic oxidation sites excluding steroid dienone is 2. The van der Waals surface area contributed by atoms with Crippen LogP contribution in [0.3, 0.4) is 0 Å². The fourth-order valence-electron chi connectivity index (χ4n) is 4.29. The molecule has 4 rings (SSSR count). The molecule has 3 heterocycles. The van der Waals surface area contributed by atoms with Gasteiger partial charge in [-0.1, -0.05) is 30.3 Å². The second-order valence-electron chi connectivity index (χ2n) is 8.36. The first kappa shape index (κ1) is 22.9. The molecule has 7 nitrogen and oxygen atoms in total. The van der Waals surface area contributed by atoms with Crippen molar-refractivity contribution in [2.24, 2.45) is 5.73 Å². The largest absolute Gasteiger partial charge is 0.481 e. The predicted octanol–water partition coefficient (Wildman–Crippen LogP) is 4.61. The number of benzene rings is 1. The number of aliphatic carboxylic acids is 1. The van der Waals surface area contributed by atoms with Crippen LogP contribution in [0.5, 0.6) is 0 Å². The highest BCUT2D eigenvalue weighted by Gasteiger charge is 2.20. The lowest BCUT2D eigenvalue weighted by molar-refractivity contribution is -0.136. The molecule has 7 heteroatoms. The first-order chi connectivity index (χ1) is 16.3. The Bertz CT molecular complexity index is 1420. The molecule has 1 atom stereocenters. The third-order valence-corrected chi connectivity index (χ3v) is 5.83. The Balaban J connectivity index is 1.95. The lowest BCUT2D eigenvalue weighted by atomic mass is 10.0. The number of nitrogens with two attached hydrogens (primary N) is 1. The van der Waals surface area contributed by atoms with Crippen LogP contribution in [0.2, 0.25) is 0 Å². The lowest BCUT2D eigenvalue weighted by Crippen LogP contribution is -2.08. The van der Waals surface area contributed by atoms with Crippen molar-refractivity contribution in [1.82, 2.24) is 14.5 Å². The molecule has 0 aliphatic heterocycles. The summed E-state index contributed by atoms with van der Waals surface area (Å²) in [6, 6.07) is 15.1. The van der Waals surface area contributed by atoms with Gasteiger partial charge in [0.25, 0.3) is 0 Å². The Morgan fingerprint density at radius 2 is 1.88 bits per heavy atom. The zero-order valence-electron chi connectivity index (χ0n) is 19.3. The highest BCUT2D eigenvalue weighted by atomic mass is 16.4. The minimum Gasteiger partial charge on any atom is -0.481 e. The molecule has 4 aromatic rings. The van der Waals surface area contributed by atoms with Gasteiger partial charge in [-0.15, -0.1) is 0 Å². The quantitative estimate of drug-likeness (QED) is 0.394. The van der Waals surface area contributed by atoms with Gasteiger partial charge in [0.15, 0.2) is 5.78 Å². The van der Waals surface area contributed by atoms with E-state index in [0.717, 1.165) is 27.9 Å². The van der Waals surface area contributed by atoms with E-state index >= 15 is 0 Å². The van der Waals surface area contributed by atoms with Crippen molar-refractivity contribution in [3.8, 4) is 11.1 Å². The van der Waals surface area contributed by atoms with E-state index in [1.165, 1.54) is 6.92 Å². The molecule has 0 radical (unpaired) electrons. The number of carboxylic acid groups (broad SMARTS) is 1. The van der Waals surface area contributed by atoms with Gasteiger partial charge < -0.3 is 15.4 Å². The van der Waals surface area contributed by atoms with Gasteiger partial charge in [-0.2, -0.15) is 0 Å². The molecule has 1 aromatic carbocycles. The number of carbonyl (C=O) groups excluding carboxylic acids is 1. The van der Waals surface area contributed by atoms with Crippen LogP contribution < -0.4 is 5.73 Å². The first-order valence-corrected chi connectivity index (χ1v) is 11.0. The fraction of sp³-hybridized carbons (Fsp3) is 0.185. The van der Waals surface area contributed by atoms with Gasteiger partial charge in [-0.25, -0.2) is 0 Å². The van der Waals surface area contributed by atoms with Crippen LogP contribution in [0.15, 0.2) is 72.8 Å². The van der Waals surface area contributed by atoms with Crippen molar-refractivity contribution in [2.75, 3.05) is 0 Å². The van der Waals surface area contributed by atoms with E-state index in [-0.39, 0.29) is 18.2 Å². The molecular formula is C27H26N4O3. The summed E-state index contributed by atoms with van der Waals surface area (Å²) in [5.74, 6) is -1.01. The molecule has 0 spiro atoms. The van der Waals surface area contributed by atoms with Crippen LogP contribution in [-0.2, 0) is 16.0 Å². The number of Topliss-reactive ketones (excluding diaryl/α,β-unsaturated/α-hetero) is 1. The Morgan fingerprint density at radius 1 is 1.09 bits per heavy atom. The molecule has 0 unspecified atom stereocenters. The van der Waals surface area contributed by atoms with E-state index in [1.807, 2.05) is 48.7 Å². The summed E-state index contributed by atoms with van der Waals surface area (Å²) in [5.41, 5.74) is 12.5. The molecule has 3 aromatic heterocycles. The summed E-state index contributed by atoms with van der Waals surface area (Å²) in [7, 11) is 0. The van der Waals surface area contributed by atoms with E-state index in [4.69, 9.17) is 10.7 Å². The highest BCUT2D eigenvalue weighted by Crippen LogP contribution is 2.35. The fourth-order valence-corrected chi connectivity index (χ4v) is 4.29. The maximum Gasteiger partial charge on any atom is 0.307 e. The summed E-state index contributed by atoms with van der Waals surface area (Å²) in [6.45, 7) is 5.25. The van der Waals surface area contributed by atoms with E-state index in [0.29, 0.717) is 22.4 Å². The van der Waals surface area contributed by atoms with Crippen LogP contribution in [-0.4, -0.2) is 31.4 Å². The Labute approximate surface area is 197 Å². The van der Waals surface area contributed by atoms with E-state index in [9.17, 15) is 14.7 Å². The minimum atomic E-state index is -0.883. The zero-order valence-corrected chi connectivity index (χ0v) is 19.3. The first-order valence-electron chi connectivity index (χ1n) is 11.0. The molecule has 0 saturated carbocycles. The highest BCUT2D eigenvalue weighted by molar-refractivity contribution is 6.20. The van der Waals surface area contributed by atoms with Crippen molar-refractivity contribution >= 4 is 28.4 Å². The second kappa shape index (κ2) is 9.31. The summed E-state index contributed by atoms with van der Waals surface area (Å²) in [5, 5.41) is 9.21. The topological polar surface area (TPSA) is 111 Å². The van der Waals surface area contributed by atoms with Gasteiger partial charge in [-0.05, 0) is 50.1 Å². The van der Waals surface area contributed by atoms with Crippen molar-refractivity contribution in [2.45, 2.75) is 33.2 Å². The molecule has 172 valence electrons. The second-order valence-corrected chi connectivity index (χ2v) is 8.36. The summed E-state index contributed by atoms with van der Waals surface area (Å²) in [4.78, 5) is 32.8. The van der Waals surface area contributed by atoms with Crippen molar-refractivity contribution in [1.29, 1.82) is 0 Å². The monoisotopic (exact) mass is 454 g/mol. The number of hydrogen-bond acceptors (Lipinski definition) is 5. The zero-order chi connectivity index (χ0) is 24.4. The van der Waals surface area contributed by atoms with Crippen molar-refractivity contribution in [3.63, 3.8) is 0 Å². The van der Waals surface area contributed by atoms with Crippen LogP contribution in [0.25, 0.3) is 27.7 Å². The van der Waals surface area contributed by atoms with Gasteiger partial charge in [0, 0.05) is 41.0 Å². The molecule has 0 fully saturated rings. The molecule has 0 amide bonds. The molecule has 0 aliphatic rings. The normalized spacial score (nSPS) is 12.9. The number of hydrogen-bond donors (Lipinski definition) is 2. The summed E-state index contributed by atoms with van der Waals surface area (Å²) >= 11 is 0. The maximum atomic E-state index is 12.3. The summed E-state index contributed by atoms with van der Waals surface area (Å²) < 4.78 is 2.08. The third kappa shape index (κ3) is 4.45. The lowest BCUT2D eigenvalue weighted by Gasteiger charge is -2.15. The average molecular weight is 455 g/mol. The van der Waals surface area contributed by atoms with E-state index < -0.39 is 5.97 Å². The Kier molecular flexibility index (Phi) is 6.27. The Morgan fingerprint density at radius 3 is 2.53 bits per heavy atom. The van der Waals surface area contributed by atoms with Gasteiger partial charge in [0.1, 0.15) is 0 Å². The molecular weight excluding hydrogens is 428 g/mol. The van der Waals surface area contributed by atoms with Crippen molar-refractivity contribution < 1.29 is 14.7 Å². The van der Waals surface area contributed by atoms with Gasteiger partial charge in [-0.3, -0.25) is 19.6 Å². The molecule has 3 N–H and O–H groups in total. The Hall–Kier alpha value is -4.26. The van der Waals surface area contributed by atoms with Crippen molar-refractivity contribution in [3.05, 3.63) is 89.6 Å². The smallest absolute Gasteiger partial charge is 0.307 e. The number of nitrogens with zero attached hydrogens (tertiary/aromatic N) is 3. The molecule has 34 heavy (non-hydrogen) atoms. The SMILES string of the molecule is CC(=O)C(=C(C)N)c1cnc2c(-c3cccc(CC(=O)O)c3)cn([C@@H](C)c3ccccn3)c2c1. The number of aromatic nitrogens is 3. The van der Waals surface area contributed by atoms with E-state index in [2.05, 4.69) is 16.5 Å². The van der Waals surface area contributed by atoms with Crippen LogP contribution in [0.1, 0.15) is 43.6 Å². The standard InChI is InChI=1S/C27H26N4O3/c1-16(28)26(18(3)32)21-13-24-27(30-14-21)22(20-8-6-7-19(11-20)12-25(33)34)15-31(24)17(2)23-9-4-5-10-29-23/h4-11,13-15,17H,12,28H2,1-3H3,(H,33,34)/t17-/m0/s1. The predicted molar refractivity (Wildman–Crippen MR) is 132 cm³/mol. The molecule has 0 aliphatic carbocycles. The van der Waals surface area contributed by atoms with Gasteiger partial charge >= 0.3 is 5.97 Å². The van der Waals surface area contributed by atoms with Crippen LogP contribution in [0.4, 0.5) is 0 Å². The summed E-state index contributed by atoms with van der Waals surface area (Å²) in [6.07, 6.45) is 5.37. The average Bonchev–Trinajstić information content (AvgIpc) is 3.17. The molecule has 0 bridgehead atoms. The number of pyridine rings is 2. The number of ketones is 1. The maximum absolute atomic E-state index is 12.3. The van der Waals surface area contributed by atoms with E-state index in [1.54, 1.807) is 25.4 Å².